The van der Waals surface area contributed by atoms with Crippen molar-refractivity contribution in [2.24, 2.45) is 0 Å². The molecule has 0 saturated heterocycles. The maximum atomic E-state index is 11.9. The van der Waals surface area contributed by atoms with Crippen LogP contribution in [0.4, 0.5) is 5.00 Å². The molecule has 6 heteroatoms. The second-order valence-electron chi connectivity index (χ2n) is 3.43. The Morgan fingerprint density at radius 2 is 2.06 bits per heavy atom. The summed E-state index contributed by atoms with van der Waals surface area (Å²) in [6, 6.07) is 7.89. The van der Waals surface area contributed by atoms with Crippen LogP contribution in [0, 0.1) is 0 Å². The number of aromatic carboxylic acids is 1. The normalized spacial score (nSPS) is 10.1. The van der Waals surface area contributed by atoms with E-state index in [0.717, 1.165) is 11.3 Å². The molecular formula is C12H8ClNO3S. The van der Waals surface area contributed by atoms with Gasteiger partial charge in [-0.25, -0.2) is 4.79 Å². The minimum Gasteiger partial charge on any atom is -0.478 e. The van der Waals surface area contributed by atoms with E-state index in [0.29, 0.717) is 15.6 Å². The maximum absolute atomic E-state index is 11.9. The molecule has 2 rings (SSSR count). The Bertz CT molecular complexity index is 609. The number of carboxylic acids is 1. The monoisotopic (exact) mass is 281 g/mol. The molecule has 0 bridgehead atoms. The van der Waals surface area contributed by atoms with Gasteiger partial charge in [0, 0.05) is 10.6 Å². The number of carbonyl (C=O) groups excluding carboxylic acids is 1. The molecule has 18 heavy (non-hydrogen) atoms. The van der Waals surface area contributed by atoms with Crippen molar-refractivity contribution in [1.82, 2.24) is 0 Å². The van der Waals surface area contributed by atoms with Crippen molar-refractivity contribution in [2.45, 2.75) is 0 Å². The van der Waals surface area contributed by atoms with E-state index in [1.807, 2.05) is 0 Å². The molecule has 0 atom stereocenters. The maximum Gasteiger partial charge on any atom is 0.338 e. The van der Waals surface area contributed by atoms with E-state index in [2.05, 4.69) is 5.32 Å². The van der Waals surface area contributed by atoms with Crippen LogP contribution in [0.25, 0.3) is 0 Å². The highest BCUT2D eigenvalue weighted by Gasteiger charge is 2.14. The average Bonchev–Trinajstić information content (AvgIpc) is 2.77. The molecule has 0 aliphatic rings. The average molecular weight is 282 g/mol. The summed E-state index contributed by atoms with van der Waals surface area (Å²) in [6.45, 7) is 0. The number of nitrogens with one attached hydrogen (secondary N) is 1. The zero-order chi connectivity index (χ0) is 13.1. The molecule has 0 saturated carbocycles. The van der Waals surface area contributed by atoms with Crippen molar-refractivity contribution in [3.05, 3.63) is 51.9 Å². The molecule has 0 spiro atoms. The lowest BCUT2D eigenvalue weighted by atomic mass is 10.2. The number of anilines is 1. The number of hydrogen-bond acceptors (Lipinski definition) is 3. The molecule has 0 aliphatic heterocycles. The molecule has 4 nitrogen and oxygen atoms in total. The molecule has 92 valence electrons. The molecule has 0 unspecified atom stereocenters. The predicted molar refractivity (Wildman–Crippen MR) is 70.7 cm³/mol. The van der Waals surface area contributed by atoms with E-state index in [9.17, 15) is 9.59 Å². The van der Waals surface area contributed by atoms with Crippen LogP contribution in [0.15, 0.2) is 35.7 Å². The number of thiophene rings is 1. The minimum atomic E-state index is -1.07. The van der Waals surface area contributed by atoms with Gasteiger partial charge in [-0.3, -0.25) is 4.79 Å². The molecule has 1 aromatic carbocycles. The summed E-state index contributed by atoms with van der Waals surface area (Å²) in [7, 11) is 0. The van der Waals surface area contributed by atoms with Crippen molar-refractivity contribution in [2.75, 3.05) is 5.32 Å². The zero-order valence-corrected chi connectivity index (χ0v) is 10.6. The number of rotatable bonds is 3. The lowest BCUT2D eigenvalue weighted by Crippen LogP contribution is -2.13. The summed E-state index contributed by atoms with van der Waals surface area (Å²) >= 11 is 6.94. The second kappa shape index (κ2) is 5.20. The Balaban J connectivity index is 2.21. The highest BCUT2D eigenvalue weighted by molar-refractivity contribution is 7.14. The van der Waals surface area contributed by atoms with Gasteiger partial charge in [0.2, 0.25) is 0 Å². The van der Waals surface area contributed by atoms with Gasteiger partial charge in [0.15, 0.2) is 0 Å². The molecule has 0 fully saturated rings. The summed E-state index contributed by atoms with van der Waals surface area (Å²) in [5.41, 5.74) is 0.461. The van der Waals surface area contributed by atoms with Gasteiger partial charge >= 0.3 is 5.97 Å². The topological polar surface area (TPSA) is 66.4 Å². The van der Waals surface area contributed by atoms with Gasteiger partial charge in [-0.05, 0) is 29.6 Å². The smallest absolute Gasteiger partial charge is 0.338 e. The van der Waals surface area contributed by atoms with Gasteiger partial charge in [0.25, 0.3) is 5.91 Å². The van der Waals surface area contributed by atoms with Crippen molar-refractivity contribution < 1.29 is 14.7 Å². The summed E-state index contributed by atoms with van der Waals surface area (Å²) in [5.74, 6) is -1.46. The first-order valence-electron chi connectivity index (χ1n) is 4.95. The predicted octanol–water partition coefficient (Wildman–Crippen LogP) is 3.35. The fourth-order valence-electron chi connectivity index (χ4n) is 1.38. The van der Waals surface area contributed by atoms with Crippen LogP contribution in [0.2, 0.25) is 5.02 Å². The fraction of sp³-hybridized carbons (Fsp3) is 0. The third kappa shape index (κ3) is 2.69. The fourth-order valence-corrected chi connectivity index (χ4v) is 2.34. The Kier molecular flexibility index (Phi) is 3.64. The first-order valence-corrected chi connectivity index (χ1v) is 6.21. The van der Waals surface area contributed by atoms with E-state index in [-0.39, 0.29) is 11.5 Å². The third-order valence-electron chi connectivity index (χ3n) is 2.21. The van der Waals surface area contributed by atoms with Crippen LogP contribution < -0.4 is 5.32 Å². The summed E-state index contributed by atoms with van der Waals surface area (Å²) in [5, 5.41) is 13.8. The van der Waals surface area contributed by atoms with Gasteiger partial charge in [0.05, 0.1) is 5.56 Å². The van der Waals surface area contributed by atoms with Gasteiger partial charge in [-0.1, -0.05) is 17.7 Å². The van der Waals surface area contributed by atoms with E-state index in [4.69, 9.17) is 16.7 Å². The first-order chi connectivity index (χ1) is 8.58. The van der Waals surface area contributed by atoms with Crippen LogP contribution in [0.3, 0.4) is 0 Å². The third-order valence-corrected chi connectivity index (χ3v) is 3.27. The lowest BCUT2D eigenvalue weighted by Gasteiger charge is -2.04. The van der Waals surface area contributed by atoms with E-state index < -0.39 is 5.97 Å². The van der Waals surface area contributed by atoms with Gasteiger partial charge in [-0.15, -0.1) is 11.3 Å². The molecule has 2 N–H and O–H groups in total. The van der Waals surface area contributed by atoms with Crippen molar-refractivity contribution in [1.29, 1.82) is 0 Å². The van der Waals surface area contributed by atoms with Crippen molar-refractivity contribution in [3.8, 4) is 0 Å². The molecule has 2 aromatic rings. The van der Waals surface area contributed by atoms with Gasteiger partial charge in [-0.2, -0.15) is 0 Å². The van der Waals surface area contributed by atoms with Crippen molar-refractivity contribution >= 4 is 39.8 Å². The second-order valence-corrected chi connectivity index (χ2v) is 4.79. The number of benzene rings is 1. The number of carboxylic acid groups (broad SMARTS) is 1. The number of hydrogen-bond donors (Lipinski definition) is 2. The Morgan fingerprint density at radius 3 is 2.72 bits per heavy atom. The van der Waals surface area contributed by atoms with E-state index in [1.54, 1.807) is 23.6 Å². The van der Waals surface area contributed by atoms with Crippen LogP contribution >= 0.6 is 22.9 Å². The number of carbonyl (C=O) groups is 2. The van der Waals surface area contributed by atoms with Gasteiger partial charge < -0.3 is 10.4 Å². The minimum absolute atomic E-state index is 0.0791. The van der Waals surface area contributed by atoms with Crippen LogP contribution in [-0.4, -0.2) is 17.0 Å². The molecule has 1 amide bonds. The molecule has 1 heterocycles. The van der Waals surface area contributed by atoms with Gasteiger partial charge in [0.1, 0.15) is 5.00 Å². The zero-order valence-electron chi connectivity index (χ0n) is 9.01. The lowest BCUT2D eigenvalue weighted by molar-refractivity contribution is 0.0698. The Morgan fingerprint density at radius 1 is 1.28 bits per heavy atom. The number of amides is 1. The molecule has 1 aromatic heterocycles. The number of halogens is 1. The highest BCUT2D eigenvalue weighted by Crippen LogP contribution is 2.24. The summed E-state index contributed by atoms with van der Waals surface area (Å²) in [6.07, 6.45) is 0. The van der Waals surface area contributed by atoms with Crippen LogP contribution in [0.1, 0.15) is 20.7 Å². The van der Waals surface area contributed by atoms with Crippen molar-refractivity contribution in [3.63, 3.8) is 0 Å². The summed E-state index contributed by atoms with van der Waals surface area (Å²) < 4.78 is 0. The van der Waals surface area contributed by atoms with Crippen LogP contribution in [0.5, 0.6) is 0 Å². The quantitative estimate of drug-likeness (QED) is 0.906. The Labute approximate surface area is 112 Å². The van der Waals surface area contributed by atoms with Crippen LogP contribution in [-0.2, 0) is 0 Å². The largest absolute Gasteiger partial charge is 0.478 e. The molecule has 0 aliphatic carbocycles. The highest BCUT2D eigenvalue weighted by atomic mass is 35.5. The van der Waals surface area contributed by atoms with E-state index >= 15 is 0 Å². The summed E-state index contributed by atoms with van der Waals surface area (Å²) in [4.78, 5) is 22.8. The SMILES string of the molecule is O=C(Nc1sccc1C(=O)O)c1cccc(Cl)c1. The standard InChI is InChI=1S/C12H8ClNO3S/c13-8-3-1-2-7(6-8)10(15)14-11-9(12(16)17)4-5-18-11/h1-6H,(H,14,15)(H,16,17). The molecular weight excluding hydrogens is 274 g/mol. The molecule has 0 radical (unpaired) electrons. The van der Waals surface area contributed by atoms with E-state index in [1.165, 1.54) is 12.1 Å². The first kappa shape index (κ1) is 12.6. The Hall–Kier alpha value is -1.85.